The van der Waals surface area contributed by atoms with E-state index in [0.29, 0.717) is 35.1 Å². The van der Waals surface area contributed by atoms with Crippen LogP contribution >= 0.6 is 27.5 Å². The van der Waals surface area contributed by atoms with Crippen LogP contribution in [0.25, 0.3) is 0 Å². The van der Waals surface area contributed by atoms with Gasteiger partial charge in [-0.25, -0.2) is 4.98 Å². The number of hydrogen-bond acceptors (Lipinski definition) is 5. The lowest BCUT2D eigenvalue weighted by atomic mass is 10.1. The highest BCUT2D eigenvalue weighted by molar-refractivity contribution is 9.11. The average Bonchev–Trinajstić information content (AvgIpc) is 2.60. The molecule has 156 valence electrons. The van der Waals surface area contributed by atoms with Crippen molar-refractivity contribution in [2.75, 3.05) is 36.1 Å². The van der Waals surface area contributed by atoms with Crippen LogP contribution in [0.2, 0.25) is 0 Å². The van der Waals surface area contributed by atoms with E-state index < -0.39 is 10.1 Å². The molecule has 0 spiro atoms. The number of aromatic nitrogens is 1. The number of halogens is 2. The number of nitrogens with zero attached hydrogens (tertiary/aromatic N) is 2. The number of nitrogens with one attached hydrogen (secondary N) is 2. The van der Waals surface area contributed by atoms with Gasteiger partial charge < -0.3 is 19.7 Å². The topological polar surface area (TPSA) is 66.5 Å². The molecule has 0 aromatic carbocycles. The Kier molecular flexibility index (Phi) is 6.74. The third-order valence-electron chi connectivity index (χ3n) is 5.00. The summed E-state index contributed by atoms with van der Waals surface area (Å²) < 4.78 is 23.1. The molecule has 1 aliphatic heterocycles. The summed E-state index contributed by atoms with van der Waals surface area (Å²) in [6, 6.07) is 4.56. The van der Waals surface area contributed by atoms with Crippen LogP contribution in [0.4, 0.5) is 11.6 Å². The molecule has 1 unspecified atom stereocenters. The lowest BCUT2D eigenvalue weighted by Gasteiger charge is -2.37. The summed E-state index contributed by atoms with van der Waals surface area (Å²) in [4.78, 5) is 7.00. The Morgan fingerprint density at radius 1 is 1.36 bits per heavy atom. The molecule has 1 saturated heterocycles. The first kappa shape index (κ1) is 21.6. The summed E-state index contributed by atoms with van der Waals surface area (Å²) >= 11 is 9.82. The summed E-state index contributed by atoms with van der Waals surface area (Å²) in [6.45, 7) is 6.05. The van der Waals surface area contributed by atoms with E-state index in [-0.39, 0.29) is 5.25 Å². The standard InChI is InChI=1S/C19H28BrClN4O2S/c1-12-10-25(11-13(2)22-12)18-8-6-16(27-3)19(23-18)24-28(4,26)17-7-5-14(20)9-15(17)21/h5-6,8-9,12-13,17,22,28H,7,10-11H2,1-4H3,(H,23,24,26)/t12-,13+,17?. The Labute approximate surface area is 181 Å². The van der Waals surface area contributed by atoms with Crippen molar-refractivity contribution in [3.05, 3.63) is 33.8 Å². The zero-order valence-corrected chi connectivity index (χ0v) is 19.8. The van der Waals surface area contributed by atoms with Crippen molar-refractivity contribution in [1.82, 2.24) is 10.3 Å². The number of pyridine rings is 1. The summed E-state index contributed by atoms with van der Waals surface area (Å²) in [7, 11) is -1.30. The normalized spacial score (nSPS) is 26.4. The molecule has 0 radical (unpaired) electrons. The number of hydrogen-bond donors (Lipinski definition) is 3. The van der Waals surface area contributed by atoms with Crippen LogP contribution in [0, 0.1) is 0 Å². The van der Waals surface area contributed by atoms with Gasteiger partial charge >= 0.3 is 0 Å². The molecular formula is C19H28BrClN4O2S. The molecular weight excluding hydrogens is 464 g/mol. The zero-order valence-electron chi connectivity index (χ0n) is 16.6. The van der Waals surface area contributed by atoms with Gasteiger partial charge in [0.2, 0.25) is 0 Å². The molecule has 28 heavy (non-hydrogen) atoms. The van der Waals surface area contributed by atoms with Crippen LogP contribution in [-0.2, 0) is 10.1 Å². The molecule has 6 nitrogen and oxygen atoms in total. The predicted octanol–water partition coefficient (Wildman–Crippen LogP) is 3.42. The second-order valence-electron chi connectivity index (χ2n) is 7.57. The van der Waals surface area contributed by atoms with Gasteiger partial charge in [-0.15, -0.1) is 0 Å². The molecule has 1 aromatic heterocycles. The maximum atomic E-state index is 13.5. The Morgan fingerprint density at radius 3 is 2.64 bits per heavy atom. The van der Waals surface area contributed by atoms with Gasteiger partial charge in [0.1, 0.15) is 5.82 Å². The Hall–Kier alpha value is -1.09. The number of thiol groups is 1. The van der Waals surface area contributed by atoms with Gasteiger partial charge in [0.15, 0.2) is 11.6 Å². The largest absolute Gasteiger partial charge is 0.493 e. The van der Waals surface area contributed by atoms with Crippen molar-refractivity contribution in [3.63, 3.8) is 0 Å². The van der Waals surface area contributed by atoms with Gasteiger partial charge in [0.25, 0.3) is 0 Å². The van der Waals surface area contributed by atoms with E-state index in [1.807, 2.05) is 18.2 Å². The zero-order chi connectivity index (χ0) is 20.5. The first-order valence-electron chi connectivity index (χ1n) is 9.34. The maximum absolute atomic E-state index is 13.5. The number of rotatable bonds is 5. The Balaban J connectivity index is 1.86. The van der Waals surface area contributed by atoms with Gasteiger partial charge in [0.05, 0.1) is 12.4 Å². The highest BCUT2D eigenvalue weighted by atomic mass is 79.9. The van der Waals surface area contributed by atoms with Crippen molar-refractivity contribution in [1.29, 1.82) is 0 Å². The highest BCUT2D eigenvalue weighted by Gasteiger charge is 2.29. The second kappa shape index (κ2) is 8.73. The van der Waals surface area contributed by atoms with E-state index in [2.05, 4.69) is 44.7 Å². The fourth-order valence-electron chi connectivity index (χ4n) is 3.72. The van der Waals surface area contributed by atoms with Gasteiger partial charge in [0, 0.05) is 40.9 Å². The van der Waals surface area contributed by atoms with Crippen LogP contribution in [0.5, 0.6) is 5.75 Å². The van der Waals surface area contributed by atoms with Crippen molar-refractivity contribution in [3.8, 4) is 5.75 Å². The van der Waals surface area contributed by atoms with Crippen LogP contribution < -0.4 is 19.7 Å². The van der Waals surface area contributed by atoms with Gasteiger partial charge in [-0.2, -0.15) is 0 Å². The van der Waals surface area contributed by atoms with Crippen molar-refractivity contribution in [2.45, 2.75) is 37.6 Å². The minimum absolute atomic E-state index is 0.287. The minimum atomic E-state index is -2.89. The summed E-state index contributed by atoms with van der Waals surface area (Å²) in [5.41, 5.74) is 0. The van der Waals surface area contributed by atoms with Crippen LogP contribution in [0.3, 0.4) is 0 Å². The Bertz CT molecular complexity index is 837. The summed E-state index contributed by atoms with van der Waals surface area (Å²) in [5.74, 6) is 1.90. The number of allylic oxidation sites excluding steroid dienone is 3. The molecule has 2 N–H and O–H groups in total. The van der Waals surface area contributed by atoms with E-state index in [1.165, 1.54) is 0 Å². The number of piperazine rings is 1. The molecule has 3 atom stereocenters. The van der Waals surface area contributed by atoms with Crippen LogP contribution in [-0.4, -0.2) is 53.0 Å². The van der Waals surface area contributed by atoms with Crippen LogP contribution in [0.1, 0.15) is 20.3 Å². The van der Waals surface area contributed by atoms with E-state index >= 15 is 0 Å². The monoisotopic (exact) mass is 490 g/mol. The Morgan fingerprint density at radius 2 is 2.04 bits per heavy atom. The molecule has 1 aliphatic carbocycles. The quantitative estimate of drug-likeness (QED) is 0.551. The minimum Gasteiger partial charge on any atom is -0.493 e. The lowest BCUT2D eigenvalue weighted by Crippen LogP contribution is -2.54. The number of methoxy groups -OCH3 is 1. The van der Waals surface area contributed by atoms with Crippen molar-refractivity contribution >= 4 is 49.3 Å². The summed E-state index contributed by atoms with van der Waals surface area (Å²) in [5, 5.41) is 3.81. The van der Waals surface area contributed by atoms with E-state index in [1.54, 1.807) is 19.4 Å². The first-order chi connectivity index (χ1) is 13.2. The second-order valence-corrected chi connectivity index (χ2v) is 11.7. The van der Waals surface area contributed by atoms with Crippen LogP contribution in [0.15, 0.2) is 33.8 Å². The fourth-order valence-corrected chi connectivity index (χ4v) is 6.84. The van der Waals surface area contributed by atoms with Gasteiger partial charge in [-0.3, -0.25) is 4.21 Å². The smallest absolute Gasteiger partial charge is 0.181 e. The predicted molar refractivity (Wildman–Crippen MR) is 123 cm³/mol. The lowest BCUT2D eigenvalue weighted by molar-refractivity contribution is 0.403. The third-order valence-corrected chi connectivity index (χ3v) is 8.41. The van der Waals surface area contributed by atoms with Crippen molar-refractivity contribution in [2.24, 2.45) is 0 Å². The molecule has 1 fully saturated rings. The molecule has 0 amide bonds. The number of ether oxygens (including phenoxy) is 1. The highest BCUT2D eigenvalue weighted by Crippen LogP contribution is 2.34. The molecule has 1 aromatic rings. The van der Waals surface area contributed by atoms with Crippen molar-refractivity contribution < 1.29 is 8.95 Å². The first-order valence-corrected chi connectivity index (χ1v) is 12.7. The summed E-state index contributed by atoms with van der Waals surface area (Å²) in [6.07, 6.45) is 6.10. The molecule has 2 heterocycles. The maximum Gasteiger partial charge on any atom is 0.181 e. The number of anilines is 2. The van der Waals surface area contributed by atoms with E-state index in [4.69, 9.17) is 21.3 Å². The molecule has 0 bridgehead atoms. The SMILES string of the molecule is COc1ccc(N2C[C@@H](C)N[C@@H](C)C2)nc1N[SH](C)(=O)C1CC=C(Br)C=C1Cl. The molecule has 2 aliphatic rings. The molecule has 0 saturated carbocycles. The van der Waals surface area contributed by atoms with E-state index in [0.717, 1.165) is 23.4 Å². The molecule has 3 rings (SSSR count). The van der Waals surface area contributed by atoms with Gasteiger partial charge in [-0.05, 0) is 48.6 Å². The molecule has 9 heteroatoms. The average molecular weight is 492 g/mol. The fraction of sp³-hybridized carbons (Fsp3) is 0.526. The van der Waals surface area contributed by atoms with Gasteiger partial charge in [-0.1, -0.05) is 33.6 Å². The van der Waals surface area contributed by atoms with E-state index in [9.17, 15) is 4.21 Å². The third kappa shape index (κ3) is 4.90.